The average molecular weight is 229 g/mol. The lowest BCUT2D eigenvalue weighted by molar-refractivity contribution is 0.213. The van der Waals surface area contributed by atoms with E-state index in [1.165, 1.54) is 0 Å². The van der Waals surface area contributed by atoms with Crippen LogP contribution in [0.1, 0.15) is 25.7 Å². The van der Waals surface area contributed by atoms with Crippen LogP contribution >= 0.6 is 0 Å². The first kappa shape index (κ1) is 12.4. The predicted octanol–water partition coefficient (Wildman–Crippen LogP) is 3.41. The summed E-state index contributed by atoms with van der Waals surface area (Å²) in [5.74, 6) is 0. The Hall–Kier alpha value is -0.643. The van der Waals surface area contributed by atoms with E-state index < -0.39 is 14.2 Å². The number of hydrogen-bond donors (Lipinski definition) is 1. The Labute approximate surface area is 92.0 Å². The highest BCUT2D eigenvalue weighted by Crippen LogP contribution is 2.37. The fraction of sp³-hybridized carbons (Fsp3) is 0.727. The number of carbonyl (C=O) groups excluding carboxylic acids is 1. The predicted molar refractivity (Wildman–Crippen MR) is 63.3 cm³/mol. The first-order valence-corrected chi connectivity index (χ1v) is 8.71. The van der Waals surface area contributed by atoms with Crippen molar-refractivity contribution in [2.45, 2.75) is 50.4 Å². The zero-order chi connectivity index (χ0) is 11.5. The summed E-state index contributed by atoms with van der Waals surface area (Å²) in [4.78, 5) is 10.3. The third-order valence-corrected chi connectivity index (χ3v) is 7.36. The number of halogens is 1. The van der Waals surface area contributed by atoms with Crippen molar-refractivity contribution in [1.29, 1.82) is 0 Å². The van der Waals surface area contributed by atoms with Crippen molar-refractivity contribution < 1.29 is 9.18 Å². The second-order valence-corrected chi connectivity index (χ2v) is 9.86. The molecule has 1 N–H and O–H groups in total. The third-order valence-electron chi connectivity index (χ3n) is 3.62. The molecule has 1 rings (SSSR count). The highest BCUT2D eigenvalue weighted by atomic mass is 28.3. The molecular weight excluding hydrogens is 209 g/mol. The van der Waals surface area contributed by atoms with E-state index in [4.69, 9.17) is 0 Å². The summed E-state index contributed by atoms with van der Waals surface area (Å²) in [5.41, 5.74) is 2.87. The Kier molecular flexibility index (Phi) is 4.08. The second kappa shape index (κ2) is 4.92. The molecule has 0 unspecified atom stereocenters. The number of carbonyl (C=O) groups is 1. The van der Waals surface area contributed by atoms with E-state index in [9.17, 15) is 9.18 Å². The second-order valence-electron chi connectivity index (χ2n) is 4.99. The van der Waals surface area contributed by atoms with Crippen molar-refractivity contribution in [3.8, 4) is 0 Å². The maximum atomic E-state index is 12.1. The molecule has 0 aromatic carbocycles. The molecule has 86 valence electrons. The Morgan fingerprint density at radius 2 is 1.93 bits per heavy atom. The molecule has 0 aromatic heterocycles. The van der Waals surface area contributed by atoms with Gasteiger partial charge in [0.25, 0.3) is 0 Å². The fourth-order valence-corrected chi connectivity index (χ4v) is 4.46. The normalized spacial score (nSPS) is 27.1. The van der Waals surface area contributed by atoms with Crippen molar-refractivity contribution in [2.24, 2.45) is 0 Å². The summed E-state index contributed by atoms with van der Waals surface area (Å²) in [5, 5.41) is 2.36. The van der Waals surface area contributed by atoms with E-state index >= 15 is 0 Å². The summed E-state index contributed by atoms with van der Waals surface area (Å²) in [7, 11) is -1.29. The number of hydrogen-bond acceptors (Lipinski definition) is 1. The van der Waals surface area contributed by atoms with Gasteiger partial charge in [0, 0.05) is 6.04 Å². The van der Waals surface area contributed by atoms with Gasteiger partial charge >= 0.3 is 6.16 Å². The van der Waals surface area contributed by atoms with Crippen LogP contribution in [0.25, 0.3) is 0 Å². The quantitative estimate of drug-likeness (QED) is 0.448. The Bertz CT molecular complexity index is 247. The van der Waals surface area contributed by atoms with Crippen LogP contribution in [-0.2, 0) is 0 Å². The van der Waals surface area contributed by atoms with Crippen LogP contribution in [0.4, 0.5) is 9.18 Å². The first-order valence-electron chi connectivity index (χ1n) is 5.55. The molecule has 1 saturated carbocycles. The largest absolute Gasteiger partial charge is 0.397 e. The van der Waals surface area contributed by atoms with Crippen LogP contribution in [0.2, 0.25) is 18.6 Å². The van der Waals surface area contributed by atoms with E-state index in [0.717, 1.165) is 31.2 Å². The van der Waals surface area contributed by atoms with Crippen molar-refractivity contribution in [3.63, 3.8) is 0 Å². The van der Waals surface area contributed by atoms with E-state index in [-0.39, 0.29) is 6.04 Å². The summed E-state index contributed by atoms with van der Waals surface area (Å²) in [6, 6.07) is 0.0494. The van der Waals surface area contributed by atoms with Crippen molar-refractivity contribution >= 4 is 14.2 Å². The minimum Gasteiger partial charge on any atom is -0.325 e. The Balaban J connectivity index is 2.42. The lowest BCUT2D eigenvalue weighted by Gasteiger charge is -2.35. The van der Waals surface area contributed by atoms with Gasteiger partial charge in [-0.1, -0.05) is 25.9 Å². The molecule has 15 heavy (non-hydrogen) atoms. The van der Waals surface area contributed by atoms with Gasteiger partial charge in [-0.3, -0.25) is 0 Å². The Morgan fingerprint density at radius 1 is 1.40 bits per heavy atom. The monoisotopic (exact) mass is 229 g/mol. The molecule has 0 aliphatic heterocycles. The highest BCUT2D eigenvalue weighted by Gasteiger charge is 2.32. The van der Waals surface area contributed by atoms with Gasteiger partial charge in [-0.25, -0.2) is 4.79 Å². The van der Waals surface area contributed by atoms with Crippen LogP contribution < -0.4 is 5.32 Å². The third kappa shape index (κ3) is 3.45. The lowest BCUT2D eigenvalue weighted by Crippen LogP contribution is -2.39. The van der Waals surface area contributed by atoms with Crippen molar-refractivity contribution in [1.82, 2.24) is 5.32 Å². The summed E-state index contributed by atoms with van der Waals surface area (Å²) >= 11 is 0. The molecule has 0 radical (unpaired) electrons. The molecule has 0 atom stereocenters. The number of amides is 1. The van der Waals surface area contributed by atoms with Gasteiger partial charge in [-0.2, -0.15) is 0 Å². The maximum absolute atomic E-state index is 12.1. The highest BCUT2D eigenvalue weighted by molar-refractivity contribution is 6.83. The van der Waals surface area contributed by atoms with Crippen molar-refractivity contribution in [2.75, 3.05) is 0 Å². The van der Waals surface area contributed by atoms with Gasteiger partial charge in [0.2, 0.25) is 0 Å². The van der Waals surface area contributed by atoms with E-state index in [0.29, 0.717) is 0 Å². The van der Waals surface area contributed by atoms with E-state index in [2.05, 4.69) is 30.7 Å². The van der Waals surface area contributed by atoms with Gasteiger partial charge in [-0.15, -0.1) is 16.7 Å². The van der Waals surface area contributed by atoms with Crippen LogP contribution in [0.3, 0.4) is 0 Å². The molecule has 0 bridgehead atoms. The van der Waals surface area contributed by atoms with Gasteiger partial charge in [0.15, 0.2) is 0 Å². The number of nitrogens with one attached hydrogen (secondary N) is 1. The standard InChI is InChI=1S/C11H20FNOSi/c1-4-15(2,3)10-7-5-9(6-8-10)13-11(12)14/h4,9-10H,1,5-8H2,2-3H3,(H,13,14). The molecule has 0 heterocycles. The zero-order valence-electron chi connectivity index (χ0n) is 9.55. The maximum Gasteiger partial charge on any atom is 0.397 e. The zero-order valence-corrected chi connectivity index (χ0v) is 10.6. The molecule has 0 spiro atoms. The topological polar surface area (TPSA) is 29.1 Å². The lowest BCUT2D eigenvalue weighted by atomic mass is 9.95. The molecule has 1 aliphatic rings. The summed E-state index contributed by atoms with van der Waals surface area (Å²) in [6.45, 7) is 8.54. The van der Waals surface area contributed by atoms with Gasteiger partial charge in [0.1, 0.15) is 0 Å². The SMILES string of the molecule is C=C[Si](C)(C)C1CCC(NC(=O)F)CC1. The number of rotatable bonds is 3. The molecule has 0 saturated heterocycles. The van der Waals surface area contributed by atoms with Gasteiger partial charge < -0.3 is 5.32 Å². The summed E-state index contributed by atoms with van der Waals surface area (Å²) in [6.07, 6.45) is 2.61. The van der Waals surface area contributed by atoms with Crippen LogP contribution in [-0.4, -0.2) is 20.3 Å². The smallest absolute Gasteiger partial charge is 0.325 e. The van der Waals surface area contributed by atoms with E-state index in [1.807, 2.05) is 0 Å². The van der Waals surface area contributed by atoms with Crippen LogP contribution in [0.15, 0.2) is 12.3 Å². The molecule has 0 aromatic rings. The molecule has 1 aliphatic carbocycles. The Morgan fingerprint density at radius 3 is 2.33 bits per heavy atom. The molecule has 1 amide bonds. The van der Waals surface area contributed by atoms with Crippen LogP contribution in [0.5, 0.6) is 0 Å². The summed E-state index contributed by atoms with van der Waals surface area (Å²) < 4.78 is 12.1. The minimum absolute atomic E-state index is 0.0494. The van der Waals surface area contributed by atoms with Gasteiger partial charge in [0.05, 0.1) is 8.07 Å². The molecule has 4 heteroatoms. The first-order chi connectivity index (χ1) is 6.95. The molecular formula is C11H20FNOSi. The van der Waals surface area contributed by atoms with E-state index in [1.54, 1.807) is 0 Å². The average Bonchev–Trinajstić information content (AvgIpc) is 2.18. The van der Waals surface area contributed by atoms with Crippen molar-refractivity contribution in [3.05, 3.63) is 12.3 Å². The van der Waals surface area contributed by atoms with Crippen LogP contribution in [0, 0.1) is 0 Å². The fourth-order valence-electron chi connectivity index (χ4n) is 2.31. The molecule has 1 fully saturated rings. The minimum atomic E-state index is -1.39. The molecule has 2 nitrogen and oxygen atoms in total. The van der Waals surface area contributed by atoms with Gasteiger partial charge in [-0.05, 0) is 18.4 Å².